The molecule has 66 heavy (non-hydrogen) atoms. The van der Waals surface area contributed by atoms with Crippen LogP contribution in [0.2, 0.25) is 0 Å². The van der Waals surface area contributed by atoms with Gasteiger partial charge in [-0.2, -0.15) is 0 Å². The molecular weight excluding hydrogens is 871 g/mol. The van der Waals surface area contributed by atoms with Crippen molar-refractivity contribution >= 4 is 61.7 Å². The lowest BCUT2D eigenvalue weighted by Crippen LogP contribution is -2.31. The van der Waals surface area contributed by atoms with Crippen LogP contribution in [-0.2, 0) is 19.6 Å². The second kappa shape index (κ2) is 22.0. The molecule has 0 radical (unpaired) electrons. The Morgan fingerprint density at radius 2 is 1.67 bits per heavy atom. The topological polar surface area (TPSA) is 192 Å². The summed E-state index contributed by atoms with van der Waals surface area (Å²) in [5, 5.41) is 11.8. The van der Waals surface area contributed by atoms with E-state index in [1.807, 2.05) is 75.3 Å². The molecule has 348 valence electrons. The number of carbonyl (C=O) groups is 2. The highest BCUT2D eigenvalue weighted by Crippen LogP contribution is 2.41. The number of benzene rings is 3. The fourth-order valence-corrected chi connectivity index (χ4v) is 7.58. The molecule has 0 saturated heterocycles. The van der Waals surface area contributed by atoms with Crippen molar-refractivity contribution in [3.05, 3.63) is 148 Å². The maximum atomic E-state index is 14.3. The number of H-pyrrole nitrogens is 1. The molecule has 18 heteroatoms. The van der Waals surface area contributed by atoms with E-state index in [1.165, 1.54) is 24.0 Å². The van der Waals surface area contributed by atoms with E-state index in [-0.39, 0.29) is 48.0 Å². The number of nitrogens with one attached hydrogen (secondary N) is 3. The van der Waals surface area contributed by atoms with Crippen LogP contribution in [0.25, 0.3) is 22.4 Å². The maximum absolute atomic E-state index is 14.3. The summed E-state index contributed by atoms with van der Waals surface area (Å²) in [6, 6.07) is 22.3. The van der Waals surface area contributed by atoms with Gasteiger partial charge in [-0.1, -0.05) is 64.6 Å². The van der Waals surface area contributed by atoms with E-state index in [2.05, 4.69) is 31.6 Å². The minimum absolute atomic E-state index is 0.0701. The fraction of sp³-hybridized carbons (Fsp3) is 0.271. The van der Waals surface area contributed by atoms with Crippen LogP contribution in [-0.4, -0.2) is 76.2 Å². The molecule has 1 aliphatic heterocycles. The molecular formula is C48H54F2N8O7S. The second-order valence-electron chi connectivity index (χ2n) is 14.6. The van der Waals surface area contributed by atoms with Crippen LogP contribution < -0.4 is 25.2 Å². The standard InChI is InChI=1S/C23H21F2N3O3S.C23H27N5O4.C2H6/c1-4-32(29,30)27-16-6-8-21(31-22-7-5-15(24)11-20(22)25)18(12-16)19-13-28(3)14(2)23-17(19)9-10-26-23;1-4-17(15-9-7-6-8-10-15)28-22-16(11-12-18(26-22)27(3)19(29)5-2)25-21(23(28)32)24-14-13-20(30)31;1-2/h5-13,26-27H,2,4H2,1,3H3;6-12,17H,4-5,13-14H2,1-3H3,(H,24,25)(H,30,31);1-2H3/t;17-;/m.0./s1. The average molecular weight is 925 g/mol. The Morgan fingerprint density at radius 1 is 0.955 bits per heavy atom. The molecule has 3 aromatic heterocycles. The third-order valence-electron chi connectivity index (χ3n) is 10.4. The van der Waals surface area contributed by atoms with E-state index in [9.17, 15) is 31.6 Å². The van der Waals surface area contributed by atoms with Gasteiger partial charge in [-0.15, -0.1) is 0 Å². The molecule has 0 unspecified atom stereocenters. The van der Waals surface area contributed by atoms with E-state index >= 15 is 0 Å². The summed E-state index contributed by atoms with van der Waals surface area (Å²) in [5.74, 6) is -2.11. The number of fused-ring (bicyclic) bond motifs is 2. The highest BCUT2D eigenvalue weighted by atomic mass is 32.2. The third kappa shape index (κ3) is 11.5. The summed E-state index contributed by atoms with van der Waals surface area (Å²) in [7, 11) is -0.0408. The van der Waals surface area contributed by atoms with Crippen molar-refractivity contribution in [2.75, 3.05) is 41.3 Å². The quantitative estimate of drug-likeness (QED) is 0.0768. The number of amides is 1. The molecule has 0 bridgehead atoms. The lowest BCUT2D eigenvalue weighted by atomic mass is 9.94. The van der Waals surface area contributed by atoms with Crippen LogP contribution in [0.4, 0.5) is 26.1 Å². The predicted molar refractivity (Wildman–Crippen MR) is 255 cm³/mol. The Hall–Kier alpha value is -7.34. The lowest BCUT2D eigenvalue weighted by molar-refractivity contribution is -0.136. The number of carboxylic acids is 1. The van der Waals surface area contributed by atoms with E-state index in [0.29, 0.717) is 46.6 Å². The number of carboxylic acid groups (broad SMARTS) is 1. The first-order valence-corrected chi connectivity index (χ1v) is 23.0. The highest BCUT2D eigenvalue weighted by Gasteiger charge is 2.25. The summed E-state index contributed by atoms with van der Waals surface area (Å²) < 4.78 is 61.7. The molecule has 7 rings (SSSR count). The number of anilines is 3. The van der Waals surface area contributed by atoms with Crippen LogP contribution in [0, 0.1) is 11.6 Å². The van der Waals surface area contributed by atoms with Gasteiger partial charge in [0.15, 0.2) is 23.0 Å². The van der Waals surface area contributed by atoms with Gasteiger partial charge in [-0.25, -0.2) is 27.2 Å². The lowest BCUT2D eigenvalue weighted by Gasteiger charge is -2.26. The van der Waals surface area contributed by atoms with Crippen molar-refractivity contribution in [2.24, 2.45) is 0 Å². The minimum atomic E-state index is -3.52. The SMILES string of the molecule is C=C1c2[nH]ccc2C(c2cc(NS(=O)(=O)CC)ccc2Oc2ccc(F)cc2F)=CN1C.CC.CCC(=O)N(C)c1ccc2nc(NCCC(=O)O)c(=O)n([C@@H](CC)c3ccccc3)c2n1. The van der Waals surface area contributed by atoms with Crippen molar-refractivity contribution in [1.29, 1.82) is 0 Å². The number of nitrogens with zero attached hydrogens (tertiary/aromatic N) is 5. The number of aliphatic carboxylic acids is 1. The summed E-state index contributed by atoms with van der Waals surface area (Å²) in [6.45, 7) is 13.4. The van der Waals surface area contributed by atoms with Crippen molar-refractivity contribution in [3.8, 4) is 11.5 Å². The summed E-state index contributed by atoms with van der Waals surface area (Å²) >= 11 is 0. The number of rotatable bonds is 15. The molecule has 0 saturated carbocycles. The normalized spacial score (nSPS) is 12.4. The average Bonchev–Trinajstić information content (AvgIpc) is 3.81. The van der Waals surface area contributed by atoms with Gasteiger partial charge in [0, 0.05) is 67.9 Å². The fourth-order valence-electron chi connectivity index (χ4n) is 6.95. The van der Waals surface area contributed by atoms with Gasteiger partial charge in [0.05, 0.1) is 29.6 Å². The largest absolute Gasteiger partial charge is 0.481 e. The third-order valence-corrected chi connectivity index (χ3v) is 11.7. The summed E-state index contributed by atoms with van der Waals surface area (Å²) in [5.41, 5.74) is 5.31. The first kappa shape index (κ1) is 49.7. The number of hydrogen-bond acceptors (Lipinski definition) is 10. The predicted octanol–water partition coefficient (Wildman–Crippen LogP) is 9.23. The molecule has 1 aliphatic rings. The number of aromatic nitrogens is 4. The van der Waals surface area contributed by atoms with Crippen molar-refractivity contribution < 1.29 is 36.6 Å². The number of sulfonamides is 1. The van der Waals surface area contributed by atoms with Gasteiger partial charge in [0.2, 0.25) is 15.9 Å². The molecule has 0 aliphatic carbocycles. The zero-order chi connectivity index (χ0) is 48.3. The number of aromatic amines is 1. The molecule has 1 amide bonds. The van der Waals surface area contributed by atoms with Gasteiger partial charge in [0.1, 0.15) is 22.9 Å². The molecule has 0 fully saturated rings. The van der Waals surface area contributed by atoms with Crippen molar-refractivity contribution in [1.82, 2.24) is 24.4 Å². The Balaban J connectivity index is 0.000000239. The number of ether oxygens (including phenoxy) is 1. The number of carbonyl (C=O) groups excluding carboxylic acids is 1. The first-order valence-electron chi connectivity index (χ1n) is 21.4. The Morgan fingerprint density at radius 3 is 2.32 bits per heavy atom. The molecule has 6 aromatic rings. The molecule has 3 aromatic carbocycles. The van der Waals surface area contributed by atoms with Gasteiger partial charge in [0.25, 0.3) is 5.56 Å². The molecule has 4 heterocycles. The zero-order valence-electron chi connectivity index (χ0n) is 37.9. The first-order chi connectivity index (χ1) is 31.5. The van der Waals surface area contributed by atoms with Crippen molar-refractivity contribution in [2.45, 2.75) is 59.9 Å². The summed E-state index contributed by atoms with van der Waals surface area (Å²) in [4.78, 5) is 52.0. The molecule has 15 nitrogen and oxygen atoms in total. The van der Waals surface area contributed by atoms with E-state index in [4.69, 9.17) is 9.84 Å². The van der Waals surface area contributed by atoms with Crippen LogP contribution in [0.15, 0.2) is 109 Å². The van der Waals surface area contributed by atoms with Crippen molar-refractivity contribution in [3.63, 3.8) is 0 Å². The second-order valence-corrected chi connectivity index (χ2v) is 16.6. The van der Waals surface area contributed by atoms with Gasteiger partial charge < -0.3 is 25.0 Å². The zero-order valence-corrected chi connectivity index (χ0v) is 38.7. The number of halogens is 2. The molecule has 0 spiro atoms. The van der Waals surface area contributed by atoms with Crippen LogP contribution >= 0.6 is 0 Å². The van der Waals surface area contributed by atoms with Gasteiger partial charge >= 0.3 is 5.97 Å². The Kier molecular flexibility index (Phi) is 16.6. The molecule has 1 atom stereocenters. The van der Waals surface area contributed by atoms with Gasteiger partial charge in [-0.3, -0.25) is 28.6 Å². The van der Waals surface area contributed by atoms with Crippen LogP contribution in [0.1, 0.15) is 82.3 Å². The van der Waals surface area contributed by atoms with E-state index in [1.54, 1.807) is 49.0 Å². The Labute approximate surface area is 382 Å². The van der Waals surface area contributed by atoms with E-state index in [0.717, 1.165) is 34.7 Å². The van der Waals surface area contributed by atoms with E-state index < -0.39 is 33.2 Å². The molecule has 4 N–H and O–H groups in total. The number of hydrogen-bond donors (Lipinski definition) is 4. The van der Waals surface area contributed by atoms with Gasteiger partial charge in [-0.05, 0) is 67.4 Å². The van der Waals surface area contributed by atoms with Crippen LogP contribution in [0.5, 0.6) is 11.5 Å². The maximum Gasteiger partial charge on any atom is 0.305 e. The monoisotopic (exact) mass is 924 g/mol. The smallest absolute Gasteiger partial charge is 0.305 e. The van der Waals surface area contributed by atoms with Crippen LogP contribution in [0.3, 0.4) is 0 Å². The summed E-state index contributed by atoms with van der Waals surface area (Å²) in [6.07, 6.45) is 4.41. The Bertz CT molecular complexity index is 2920. The minimum Gasteiger partial charge on any atom is -0.481 e. The number of pyridine rings is 1. The highest BCUT2D eigenvalue weighted by molar-refractivity contribution is 7.92.